The third-order valence-corrected chi connectivity index (χ3v) is 7.84. The molecule has 0 atom stereocenters. The van der Waals surface area contributed by atoms with Crippen LogP contribution in [0.2, 0.25) is 0 Å². The summed E-state index contributed by atoms with van der Waals surface area (Å²) in [4.78, 5) is 13.1. The van der Waals surface area contributed by atoms with E-state index in [-0.39, 0.29) is 37.2 Å². The number of aliphatic hydroxyl groups is 1. The number of anilines is 1. The van der Waals surface area contributed by atoms with Crippen LogP contribution in [-0.2, 0) is 10.0 Å². The molecule has 0 aliphatic heterocycles. The molecule has 204 valence electrons. The van der Waals surface area contributed by atoms with Gasteiger partial charge in [0.05, 0.1) is 17.5 Å². The van der Waals surface area contributed by atoms with Gasteiger partial charge < -0.3 is 19.6 Å². The van der Waals surface area contributed by atoms with Gasteiger partial charge in [-0.1, -0.05) is 0 Å². The molecule has 1 aliphatic carbocycles. The van der Waals surface area contributed by atoms with Crippen LogP contribution in [0.25, 0.3) is 22.3 Å². The van der Waals surface area contributed by atoms with E-state index in [1.54, 1.807) is 37.4 Å². The average Bonchev–Trinajstić information content (AvgIpc) is 3.69. The Hall–Kier alpha value is -3.89. The fourth-order valence-electron chi connectivity index (χ4n) is 4.63. The molecule has 1 fully saturated rings. The van der Waals surface area contributed by atoms with E-state index >= 15 is 0 Å². The number of ether oxygens (including phenoxy) is 1. The predicted molar refractivity (Wildman–Crippen MR) is 147 cm³/mol. The maximum absolute atomic E-state index is 13.2. The number of fused-ring (bicyclic) bond motifs is 1. The Morgan fingerprint density at radius 3 is 2.31 bits per heavy atom. The number of amides is 1. The topological polar surface area (TPSA) is 109 Å². The first kappa shape index (κ1) is 26.7. The Labute approximate surface area is 226 Å². The van der Waals surface area contributed by atoms with Gasteiger partial charge >= 0.3 is 0 Å². The lowest BCUT2D eigenvalue weighted by atomic mass is 10.0. The number of rotatable bonds is 10. The van der Waals surface area contributed by atoms with Gasteiger partial charge in [-0.3, -0.25) is 9.10 Å². The van der Waals surface area contributed by atoms with Crippen molar-refractivity contribution in [3.63, 3.8) is 0 Å². The van der Waals surface area contributed by atoms with Gasteiger partial charge in [0.15, 0.2) is 0 Å². The molecule has 3 aromatic carbocycles. The molecular formula is C29H29FN2O6S. The lowest BCUT2D eigenvalue weighted by Crippen LogP contribution is -2.32. The lowest BCUT2D eigenvalue weighted by molar-refractivity contribution is 0.0964. The largest absolute Gasteiger partial charge is 0.457 e. The van der Waals surface area contributed by atoms with Gasteiger partial charge in [0.25, 0.3) is 5.91 Å². The maximum atomic E-state index is 13.2. The minimum Gasteiger partial charge on any atom is -0.457 e. The Balaban J connectivity index is 1.60. The van der Waals surface area contributed by atoms with Crippen LogP contribution in [0.1, 0.15) is 41.1 Å². The number of sulfonamides is 1. The summed E-state index contributed by atoms with van der Waals surface area (Å²) in [5, 5.41) is 12.6. The van der Waals surface area contributed by atoms with Crippen molar-refractivity contribution in [2.24, 2.45) is 0 Å². The second kappa shape index (κ2) is 10.7. The van der Waals surface area contributed by atoms with Crippen molar-refractivity contribution >= 4 is 32.6 Å². The van der Waals surface area contributed by atoms with E-state index in [1.165, 1.54) is 28.6 Å². The summed E-state index contributed by atoms with van der Waals surface area (Å²) in [7, 11) is -2.09. The zero-order valence-corrected chi connectivity index (χ0v) is 22.4. The van der Waals surface area contributed by atoms with Crippen molar-refractivity contribution in [2.45, 2.75) is 25.2 Å². The first-order valence-corrected chi connectivity index (χ1v) is 14.5. The van der Waals surface area contributed by atoms with Crippen LogP contribution in [0.15, 0.2) is 65.1 Å². The third kappa shape index (κ3) is 5.62. The Bertz CT molecular complexity index is 1610. The third-order valence-electron chi connectivity index (χ3n) is 6.66. The highest BCUT2D eigenvalue weighted by atomic mass is 32.2. The molecule has 1 heterocycles. The van der Waals surface area contributed by atoms with Gasteiger partial charge in [0.2, 0.25) is 10.0 Å². The highest BCUT2D eigenvalue weighted by Gasteiger charge is 2.33. The van der Waals surface area contributed by atoms with Crippen LogP contribution in [0, 0.1) is 5.82 Å². The van der Waals surface area contributed by atoms with Crippen LogP contribution in [-0.4, -0.2) is 45.9 Å². The summed E-state index contributed by atoms with van der Waals surface area (Å²) in [5.41, 5.74) is 2.71. The average molecular weight is 553 g/mol. The highest BCUT2D eigenvalue weighted by molar-refractivity contribution is 7.92. The van der Waals surface area contributed by atoms with Crippen molar-refractivity contribution in [1.29, 1.82) is 0 Å². The molecule has 5 rings (SSSR count). The summed E-state index contributed by atoms with van der Waals surface area (Å²) in [6.07, 6.45) is 3.27. The second-order valence-electron chi connectivity index (χ2n) is 9.56. The zero-order valence-electron chi connectivity index (χ0n) is 21.6. The number of benzene rings is 3. The van der Waals surface area contributed by atoms with E-state index in [4.69, 9.17) is 9.15 Å². The molecule has 10 heteroatoms. The number of halogens is 1. The van der Waals surface area contributed by atoms with Gasteiger partial charge in [-0.2, -0.15) is 0 Å². The molecule has 0 saturated heterocycles. The van der Waals surface area contributed by atoms with Crippen molar-refractivity contribution < 1.29 is 31.9 Å². The molecule has 0 unspecified atom stereocenters. The molecule has 4 aromatic rings. The van der Waals surface area contributed by atoms with Gasteiger partial charge in [0.1, 0.15) is 28.7 Å². The highest BCUT2D eigenvalue weighted by Crippen LogP contribution is 2.48. The number of nitrogens with zero attached hydrogens (tertiary/aromatic N) is 1. The smallest absolute Gasteiger partial charge is 0.255 e. The number of nitrogens with one attached hydrogen (secondary N) is 1. The van der Waals surface area contributed by atoms with E-state index in [0.29, 0.717) is 45.0 Å². The maximum Gasteiger partial charge on any atom is 0.255 e. The van der Waals surface area contributed by atoms with E-state index in [9.17, 15) is 22.7 Å². The van der Waals surface area contributed by atoms with Crippen LogP contribution in [0.4, 0.5) is 10.1 Å². The molecule has 2 N–H and O–H groups in total. The molecule has 8 nitrogen and oxygen atoms in total. The molecule has 0 spiro atoms. The minimum atomic E-state index is -3.63. The fraction of sp³-hybridized carbons (Fsp3) is 0.276. The Morgan fingerprint density at radius 2 is 1.74 bits per heavy atom. The minimum absolute atomic E-state index is 0.131. The van der Waals surface area contributed by atoms with Crippen molar-refractivity contribution in [3.05, 3.63) is 77.6 Å². The molecule has 1 aromatic heterocycles. The van der Waals surface area contributed by atoms with E-state index in [0.717, 1.165) is 24.7 Å². The van der Waals surface area contributed by atoms with E-state index in [1.807, 2.05) is 6.07 Å². The number of aliphatic hydroxyl groups excluding tert-OH is 1. The molecule has 0 bridgehead atoms. The first-order valence-electron chi connectivity index (χ1n) is 12.6. The number of carbonyl (C=O) groups excluding carboxylic acids is 1. The van der Waals surface area contributed by atoms with Gasteiger partial charge in [-0.05, 0) is 85.3 Å². The van der Waals surface area contributed by atoms with E-state index in [2.05, 4.69) is 5.32 Å². The number of furan rings is 1. The Morgan fingerprint density at radius 1 is 1.10 bits per heavy atom. The number of carbonyl (C=O) groups is 1. The SMILES string of the molecule is CNC(=O)c1c(-c2ccc(Oc3ccc(F)cc3)cc2)oc2cc(N(CCCO)S(C)(=O)=O)c(C3CC3)cc12. The molecule has 1 aliphatic rings. The standard InChI is InChI=1S/C29H29FN2O6S/c1-31-29(34)27-24-16-23(18-4-5-18)25(32(14-3-15-33)39(2,35)36)17-26(24)38-28(27)19-6-10-21(11-7-19)37-22-12-8-20(30)9-13-22/h6-13,16-18,33H,3-5,14-15H2,1-2H3,(H,31,34). The Kier molecular flexibility index (Phi) is 7.33. The summed E-state index contributed by atoms with van der Waals surface area (Å²) in [6, 6.07) is 16.2. The van der Waals surface area contributed by atoms with Crippen molar-refractivity contribution in [3.8, 4) is 22.8 Å². The van der Waals surface area contributed by atoms with Gasteiger partial charge in [0, 0.05) is 37.2 Å². The van der Waals surface area contributed by atoms with Crippen LogP contribution in [0.5, 0.6) is 11.5 Å². The van der Waals surface area contributed by atoms with Gasteiger partial charge in [-0.15, -0.1) is 0 Å². The van der Waals surface area contributed by atoms with Crippen molar-refractivity contribution in [2.75, 3.05) is 30.8 Å². The lowest BCUT2D eigenvalue weighted by Gasteiger charge is -2.25. The summed E-state index contributed by atoms with van der Waals surface area (Å²) < 4.78 is 51.9. The molecule has 39 heavy (non-hydrogen) atoms. The van der Waals surface area contributed by atoms with Crippen LogP contribution >= 0.6 is 0 Å². The molecule has 1 saturated carbocycles. The fourth-order valence-corrected chi connectivity index (χ4v) is 5.61. The second-order valence-corrected chi connectivity index (χ2v) is 11.5. The summed E-state index contributed by atoms with van der Waals surface area (Å²) >= 11 is 0. The zero-order chi connectivity index (χ0) is 27.7. The molecule has 0 radical (unpaired) electrons. The number of hydrogen-bond donors (Lipinski definition) is 2. The molecule has 1 amide bonds. The molecular weight excluding hydrogens is 523 g/mol. The normalized spacial score (nSPS) is 13.4. The number of hydrogen-bond acceptors (Lipinski definition) is 6. The van der Waals surface area contributed by atoms with Crippen molar-refractivity contribution in [1.82, 2.24) is 5.32 Å². The predicted octanol–water partition coefficient (Wildman–Crippen LogP) is 5.42. The van der Waals surface area contributed by atoms with Gasteiger partial charge in [-0.25, -0.2) is 12.8 Å². The monoisotopic (exact) mass is 552 g/mol. The first-order chi connectivity index (χ1) is 18.7. The van der Waals surface area contributed by atoms with E-state index < -0.39 is 10.0 Å². The van der Waals surface area contributed by atoms with Crippen LogP contribution < -0.4 is 14.4 Å². The quantitative estimate of drug-likeness (QED) is 0.272. The summed E-state index contributed by atoms with van der Waals surface area (Å²) in [5.74, 6) is 0.847. The summed E-state index contributed by atoms with van der Waals surface area (Å²) in [6.45, 7) is -0.00837. The van der Waals surface area contributed by atoms with Crippen LogP contribution in [0.3, 0.4) is 0 Å².